The van der Waals surface area contributed by atoms with Crippen LogP contribution in [0, 0.1) is 0 Å². The molecule has 5 heteroatoms. The van der Waals surface area contributed by atoms with E-state index in [1.54, 1.807) is 12.1 Å². The Morgan fingerprint density at radius 2 is 2.33 bits per heavy atom. The second-order valence-corrected chi connectivity index (χ2v) is 4.17. The molecule has 0 unspecified atom stereocenters. The number of carbonyl (C=O) groups is 1. The van der Waals surface area contributed by atoms with Crippen molar-refractivity contribution in [2.24, 2.45) is 0 Å². The number of rotatable bonds is 1. The third-order valence-corrected chi connectivity index (χ3v) is 2.93. The highest BCUT2D eigenvalue weighted by molar-refractivity contribution is 9.08. The minimum Gasteiger partial charge on any atom is -0.273 e. The van der Waals surface area contributed by atoms with Crippen molar-refractivity contribution in [3.8, 4) is 0 Å². The van der Waals surface area contributed by atoms with E-state index in [0.717, 1.165) is 16.6 Å². The van der Waals surface area contributed by atoms with Crippen molar-refractivity contribution in [3.05, 3.63) is 28.9 Å². The van der Waals surface area contributed by atoms with Gasteiger partial charge in [-0.25, -0.2) is 4.68 Å². The normalized spacial score (nSPS) is 10.9. The monoisotopic (exact) mass is 286 g/mol. The van der Waals surface area contributed by atoms with Gasteiger partial charge in [-0.1, -0.05) is 27.5 Å². The van der Waals surface area contributed by atoms with Gasteiger partial charge in [0.25, 0.3) is 0 Å². The number of benzene rings is 1. The van der Waals surface area contributed by atoms with Gasteiger partial charge in [0.1, 0.15) is 0 Å². The van der Waals surface area contributed by atoms with Crippen molar-refractivity contribution in [2.45, 2.75) is 12.3 Å². The lowest BCUT2D eigenvalue weighted by molar-refractivity contribution is 0.0919. The Balaban J connectivity index is 2.78. The topological polar surface area (TPSA) is 34.9 Å². The van der Waals surface area contributed by atoms with Crippen molar-refractivity contribution in [1.29, 1.82) is 0 Å². The van der Waals surface area contributed by atoms with Gasteiger partial charge in [0.15, 0.2) is 0 Å². The molecule has 0 spiro atoms. The van der Waals surface area contributed by atoms with Crippen LogP contribution in [0.2, 0.25) is 5.02 Å². The van der Waals surface area contributed by atoms with Gasteiger partial charge in [0.2, 0.25) is 5.91 Å². The second-order valence-electron chi connectivity index (χ2n) is 3.17. The van der Waals surface area contributed by atoms with E-state index < -0.39 is 0 Å². The molecule has 0 atom stereocenters. The standard InChI is InChI=1S/C10H8BrClN2O/c1-6(15)14-10(5-11)8-3-2-7(12)4-9(8)13-14/h2-4H,5H2,1H3. The van der Waals surface area contributed by atoms with E-state index in [1.165, 1.54) is 11.6 Å². The van der Waals surface area contributed by atoms with Crippen molar-refractivity contribution < 1.29 is 4.79 Å². The number of halogens is 2. The first-order chi connectivity index (χ1) is 7.13. The third kappa shape index (κ3) is 1.79. The van der Waals surface area contributed by atoms with E-state index in [2.05, 4.69) is 21.0 Å². The number of hydrogen-bond acceptors (Lipinski definition) is 2. The largest absolute Gasteiger partial charge is 0.273 e. The number of aromatic nitrogens is 2. The molecule has 0 aliphatic carbocycles. The van der Waals surface area contributed by atoms with Gasteiger partial charge in [-0.2, -0.15) is 5.10 Å². The zero-order chi connectivity index (χ0) is 11.0. The van der Waals surface area contributed by atoms with Crippen LogP contribution in [0.3, 0.4) is 0 Å². The maximum Gasteiger partial charge on any atom is 0.244 e. The van der Waals surface area contributed by atoms with Gasteiger partial charge in [-0.05, 0) is 18.2 Å². The Morgan fingerprint density at radius 1 is 1.60 bits per heavy atom. The van der Waals surface area contributed by atoms with Crippen LogP contribution in [0.1, 0.15) is 17.4 Å². The van der Waals surface area contributed by atoms with Crippen LogP contribution in [0.15, 0.2) is 18.2 Å². The Hall–Kier alpha value is -0.870. The van der Waals surface area contributed by atoms with Gasteiger partial charge in [-0.15, -0.1) is 0 Å². The SMILES string of the molecule is CC(=O)n1nc2cc(Cl)ccc2c1CBr. The molecule has 78 valence electrons. The van der Waals surface area contributed by atoms with Crippen molar-refractivity contribution in [3.63, 3.8) is 0 Å². The van der Waals surface area contributed by atoms with E-state index >= 15 is 0 Å². The lowest BCUT2D eigenvalue weighted by Gasteiger charge is -1.98. The molecule has 0 saturated carbocycles. The Labute approximate surface area is 100 Å². The van der Waals surface area contributed by atoms with Crippen LogP contribution >= 0.6 is 27.5 Å². The molecule has 2 aromatic rings. The van der Waals surface area contributed by atoms with Crippen LogP contribution in [0.5, 0.6) is 0 Å². The first kappa shape index (κ1) is 10.6. The second kappa shape index (κ2) is 3.94. The molecule has 0 bridgehead atoms. The summed E-state index contributed by atoms with van der Waals surface area (Å²) >= 11 is 9.21. The Kier molecular flexibility index (Phi) is 2.80. The number of alkyl halides is 1. The quantitative estimate of drug-likeness (QED) is 0.755. The molecule has 15 heavy (non-hydrogen) atoms. The first-order valence-corrected chi connectivity index (χ1v) is 5.87. The summed E-state index contributed by atoms with van der Waals surface area (Å²) in [6.45, 7) is 1.49. The average molecular weight is 288 g/mol. The summed E-state index contributed by atoms with van der Waals surface area (Å²) in [5.41, 5.74) is 1.60. The van der Waals surface area contributed by atoms with E-state index in [4.69, 9.17) is 11.6 Å². The van der Waals surface area contributed by atoms with Crippen LogP contribution in [0.25, 0.3) is 10.9 Å². The zero-order valence-corrected chi connectivity index (χ0v) is 10.3. The molecule has 1 aromatic heterocycles. The molecule has 0 radical (unpaired) electrons. The van der Waals surface area contributed by atoms with Crippen LogP contribution in [-0.4, -0.2) is 15.7 Å². The van der Waals surface area contributed by atoms with Crippen molar-refractivity contribution >= 4 is 44.3 Å². The number of nitrogens with zero attached hydrogens (tertiary/aromatic N) is 2. The summed E-state index contributed by atoms with van der Waals surface area (Å²) in [7, 11) is 0. The van der Waals surface area contributed by atoms with Crippen LogP contribution < -0.4 is 0 Å². The molecule has 1 heterocycles. The molecule has 2 rings (SSSR count). The fourth-order valence-corrected chi connectivity index (χ4v) is 2.21. The summed E-state index contributed by atoms with van der Waals surface area (Å²) in [4.78, 5) is 11.3. The first-order valence-electron chi connectivity index (χ1n) is 4.37. The van der Waals surface area contributed by atoms with Crippen molar-refractivity contribution in [2.75, 3.05) is 0 Å². The van der Waals surface area contributed by atoms with Gasteiger partial charge in [-0.3, -0.25) is 4.79 Å². The average Bonchev–Trinajstić information content (AvgIpc) is 2.55. The highest BCUT2D eigenvalue weighted by atomic mass is 79.9. The maximum atomic E-state index is 11.3. The molecule has 3 nitrogen and oxygen atoms in total. The van der Waals surface area contributed by atoms with E-state index in [-0.39, 0.29) is 5.91 Å². The predicted molar refractivity (Wildman–Crippen MR) is 63.7 cm³/mol. The molecule has 0 aliphatic rings. The zero-order valence-electron chi connectivity index (χ0n) is 8.00. The van der Waals surface area contributed by atoms with Gasteiger partial charge < -0.3 is 0 Å². The number of carbonyl (C=O) groups excluding carboxylic acids is 1. The molecule has 1 aromatic carbocycles. The van der Waals surface area contributed by atoms with E-state index in [1.807, 2.05) is 6.07 Å². The van der Waals surface area contributed by atoms with E-state index in [0.29, 0.717) is 10.4 Å². The molecular weight excluding hydrogens is 279 g/mol. The maximum absolute atomic E-state index is 11.3. The minimum atomic E-state index is -0.100. The summed E-state index contributed by atoms with van der Waals surface area (Å²) in [6, 6.07) is 5.42. The van der Waals surface area contributed by atoms with Crippen LogP contribution in [-0.2, 0) is 5.33 Å². The third-order valence-electron chi connectivity index (χ3n) is 2.16. The van der Waals surface area contributed by atoms with E-state index in [9.17, 15) is 4.79 Å². The van der Waals surface area contributed by atoms with Crippen LogP contribution in [0.4, 0.5) is 0 Å². The highest BCUT2D eigenvalue weighted by Crippen LogP contribution is 2.23. The molecule has 0 aliphatic heterocycles. The predicted octanol–water partition coefficient (Wildman–Crippen LogP) is 3.24. The lowest BCUT2D eigenvalue weighted by Crippen LogP contribution is -2.10. The fraction of sp³-hybridized carbons (Fsp3) is 0.200. The van der Waals surface area contributed by atoms with Gasteiger partial charge in [0.05, 0.1) is 11.2 Å². The number of fused-ring (bicyclic) bond motifs is 1. The summed E-state index contributed by atoms with van der Waals surface area (Å²) in [6.07, 6.45) is 0. The fourth-order valence-electron chi connectivity index (χ4n) is 1.50. The minimum absolute atomic E-state index is 0.100. The van der Waals surface area contributed by atoms with Gasteiger partial charge >= 0.3 is 0 Å². The summed E-state index contributed by atoms with van der Waals surface area (Å²) < 4.78 is 1.40. The molecule has 0 saturated heterocycles. The summed E-state index contributed by atoms with van der Waals surface area (Å²) in [5.74, 6) is -0.100. The Morgan fingerprint density at radius 3 is 2.93 bits per heavy atom. The van der Waals surface area contributed by atoms with Crippen molar-refractivity contribution in [1.82, 2.24) is 9.78 Å². The smallest absolute Gasteiger partial charge is 0.244 e. The highest BCUT2D eigenvalue weighted by Gasteiger charge is 2.12. The molecule has 0 N–H and O–H groups in total. The lowest BCUT2D eigenvalue weighted by atomic mass is 10.2. The summed E-state index contributed by atoms with van der Waals surface area (Å²) in [5, 5.41) is 6.36. The number of hydrogen-bond donors (Lipinski definition) is 0. The molecule has 0 fully saturated rings. The molecular formula is C10H8BrClN2O. The molecule has 0 amide bonds. The Bertz CT molecular complexity index is 535. The van der Waals surface area contributed by atoms with Gasteiger partial charge in [0, 0.05) is 22.7 Å².